The lowest BCUT2D eigenvalue weighted by Gasteiger charge is -2.25. The van der Waals surface area contributed by atoms with Gasteiger partial charge in [-0.1, -0.05) is 35.3 Å². The first-order valence-corrected chi connectivity index (χ1v) is 8.73. The topological polar surface area (TPSA) is 41.6 Å². The first kappa shape index (κ1) is 21.1. The second kappa shape index (κ2) is 10.9. The molecule has 1 atom stereocenters. The van der Waals surface area contributed by atoms with E-state index >= 15 is 0 Å². The zero-order valence-corrected chi connectivity index (χ0v) is 16.4. The Morgan fingerprint density at radius 3 is 2.24 bits per heavy atom. The van der Waals surface area contributed by atoms with E-state index in [1.54, 1.807) is 19.9 Å². The maximum atomic E-state index is 11.5. The molecular weight excluding hydrogens is 359 g/mol. The van der Waals surface area contributed by atoms with Crippen molar-refractivity contribution in [3.05, 3.63) is 58.6 Å². The van der Waals surface area contributed by atoms with E-state index in [-0.39, 0.29) is 12.0 Å². The van der Waals surface area contributed by atoms with E-state index in [0.29, 0.717) is 11.6 Å². The summed E-state index contributed by atoms with van der Waals surface area (Å²) in [7, 11) is 3.71. The summed E-state index contributed by atoms with van der Waals surface area (Å²) in [4.78, 5) is 13.4. The van der Waals surface area contributed by atoms with E-state index in [1.807, 2.05) is 61.5 Å². The monoisotopic (exact) mass is 382 g/mol. The quantitative estimate of drug-likeness (QED) is 0.729. The molecule has 0 aliphatic heterocycles. The lowest BCUT2D eigenvalue weighted by molar-refractivity contribution is -0.144. The maximum absolute atomic E-state index is 11.5. The zero-order valence-electron chi connectivity index (χ0n) is 14.9. The molecule has 25 heavy (non-hydrogen) atoms. The summed E-state index contributed by atoms with van der Waals surface area (Å²) < 4.78 is 4.96. The number of esters is 1. The van der Waals surface area contributed by atoms with E-state index in [9.17, 15) is 4.79 Å². The van der Waals surface area contributed by atoms with Gasteiger partial charge in [-0.15, -0.1) is 0 Å². The minimum Gasteiger partial charge on any atom is -0.464 e. The Morgan fingerprint density at radius 2 is 1.76 bits per heavy atom. The predicted molar refractivity (Wildman–Crippen MR) is 107 cm³/mol. The van der Waals surface area contributed by atoms with Gasteiger partial charge in [0.05, 0.1) is 6.61 Å². The van der Waals surface area contributed by atoms with E-state index in [2.05, 4.69) is 5.32 Å². The lowest BCUT2D eigenvalue weighted by Crippen LogP contribution is -2.37. The van der Waals surface area contributed by atoms with Crippen molar-refractivity contribution in [1.82, 2.24) is 0 Å². The van der Waals surface area contributed by atoms with Crippen molar-refractivity contribution in [2.45, 2.75) is 19.9 Å². The Hall–Kier alpha value is -1.91. The van der Waals surface area contributed by atoms with Gasteiger partial charge in [0.15, 0.2) is 0 Å². The number of ether oxygens (including phenoxy) is 1. The van der Waals surface area contributed by atoms with Crippen molar-refractivity contribution in [3.63, 3.8) is 0 Å². The molecule has 0 aliphatic rings. The van der Waals surface area contributed by atoms with E-state index < -0.39 is 0 Å². The Bertz CT molecular complexity index is 680. The summed E-state index contributed by atoms with van der Waals surface area (Å²) in [5.74, 6) is -0.232. The van der Waals surface area contributed by atoms with Gasteiger partial charge in [0.2, 0.25) is 0 Å². The molecule has 2 aromatic carbocycles. The summed E-state index contributed by atoms with van der Waals surface area (Å²) in [6, 6.07) is 14.7. The number of halogens is 2. The number of anilines is 2. The van der Waals surface area contributed by atoms with Crippen molar-refractivity contribution in [2.24, 2.45) is 0 Å². The second-order valence-electron chi connectivity index (χ2n) is 5.28. The van der Waals surface area contributed by atoms with Crippen molar-refractivity contribution < 1.29 is 9.53 Å². The molecule has 0 spiro atoms. The summed E-state index contributed by atoms with van der Waals surface area (Å²) in [5, 5.41) is 4.40. The highest BCUT2D eigenvalue weighted by Crippen LogP contribution is 2.20. The molecule has 0 amide bonds. The van der Waals surface area contributed by atoms with Crippen LogP contribution in [0.4, 0.5) is 11.4 Å². The first-order valence-electron chi connectivity index (χ1n) is 7.97. The molecule has 0 saturated carbocycles. The average Bonchev–Trinajstić information content (AvgIpc) is 2.61. The number of carbonyl (C=O) groups is 1. The molecule has 0 fully saturated rings. The van der Waals surface area contributed by atoms with Gasteiger partial charge in [0.1, 0.15) is 6.04 Å². The molecule has 2 rings (SSSR count). The number of nitrogens with one attached hydrogen (secondary N) is 1. The summed E-state index contributed by atoms with van der Waals surface area (Å²) in [6.45, 7) is 4.00. The van der Waals surface area contributed by atoms with E-state index in [1.165, 1.54) is 0 Å². The number of hydrogen-bond acceptors (Lipinski definition) is 4. The van der Waals surface area contributed by atoms with Crippen LogP contribution in [0.5, 0.6) is 0 Å². The van der Waals surface area contributed by atoms with Crippen LogP contribution in [0, 0.1) is 0 Å². The first-order chi connectivity index (χ1) is 11.9. The molecule has 1 N–H and O–H groups in total. The van der Waals surface area contributed by atoms with Gasteiger partial charge in [-0.2, -0.15) is 0 Å². The normalized spacial score (nSPS) is 11.0. The van der Waals surface area contributed by atoms with Gasteiger partial charge in [0.25, 0.3) is 0 Å². The van der Waals surface area contributed by atoms with Crippen molar-refractivity contribution in [2.75, 3.05) is 30.9 Å². The van der Waals surface area contributed by atoms with Crippen LogP contribution in [0.15, 0.2) is 48.5 Å². The summed E-state index contributed by atoms with van der Waals surface area (Å²) in [5.41, 5.74) is 1.94. The van der Waals surface area contributed by atoms with E-state index in [0.717, 1.165) is 16.4 Å². The molecule has 136 valence electrons. The molecular formula is C19H24Cl2N2O2. The average molecular weight is 383 g/mol. The molecule has 0 saturated heterocycles. The third-order valence-electron chi connectivity index (χ3n) is 3.54. The lowest BCUT2D eigenvalue weighted by atomic mass is 10.2. The van der Waals surface area contributed by atoms with Gasteiger partial charge in [-0.25, -0.2) is 4.79 Å². The van der Waals surface area contributed by atoms with Crippen molar-refractivity contribution in [1.29, 1.82) is 0 Å². The predicted octanol–water partition coefficient (Wildman–Crippen LogP) is 5.11. The van der Waals surface area contributed by atoms with Crippen LogP contribution in [0.2, 0.25) is 10.0 Å². The molecule has 0 bridgehead atoms. The molecule has 4 nitrogen and oxygen atoms in total. The molecule has 6 heteroatoms. The smallest absolute Gasteiger partial charge is 0.328 e. The van der Waals surface area contributed by atoms with Gasteiger partial charge in [-0.05, 0) is 50.2 Å². The number of hydrogen-bond donors (Lipinski definition) is 1. The maximum Gasteiger partial charge on any atom is 0.328 e. The Kier molecular flexibility index (Phi) is 9.17. The minimum absolute atomic E-state index is 0.232. The molecule has 2 aromatic rings. The number of nitrogens with zero attached hydrogens (tertiary/aromatic N) is 1. The third-order valence-corrected chi connectivity index (χ3v) is 4.01. The van der Waals surface area contributed by atoms with E-state index in [4.69, 9.17) is 27.9 Å². The number of likely N-dealkylation sites (N-methyl/N-ethyl adjacent to an activating group) is 1. The van der Waals surface area contributed by atoms with Gasteiger partial charge in [-0.3, -0.25) is 0 Å². The Morgan fingerprint density at radius 1 is 1.16 bits per heavy atom. The van der Waals surface area contributed by atoms with Crippen LogP contribution in [-0.4, -0.2) is 32.7 Å². The summed E-state index contributed by atoms with van der Waals surface area (Å²) in [6.07, 6.45) is 0. The zero-order chi connectivity index (χ0) is 18.8. The highest BCUT2D eigenvalue weighted by molar-refractivity contribution is 6.31. The number of rotatable bonds is 5. The second-order valence-corrected chi connectivity index (χ2v) is 6.15. The highest BCUT2D eigenvalue weighted by atomic mass is 35.5. The van der Waals surface area contributed by atoms with Gasteiger partial charge >= 0.3 is 5.97 Å². The standard InChI is InChI=1S/C12H16ClNO2.C7H8ClN/c1-4-16-12(15)9(2)14(3)11-7-5-6-10(13)8-11;1-9-7-4-2-3-6(8)5-7/h5-9H,4H2,1-3H3;2-5,9H,1H3. The Labute approximate surface area is 159 Å². The van der Waals surface area contributed by atoms with Crippen LogP contribution in [0.3, 0.4) is 0 Å². The van der Waals surface area contributed by atoms with Crippen molar-refractivity contribution >= 4 is 40.5 Å². The fourth-order valence-corrected chi connectivity index (χ4v) is 2.36. The number of carbonyl (C=O) groups excluding carboxylic acids is 1. The molecule has 1 unspecified atom stereocenters. The van der Waals surface area contributed by atoms with Crippen LogP contribution < -0.4 is 10.2 Å². The van der Waals surface area contributed by atoms with Crippen LogP contribution >= 0.6 is 23.2 Å². The summed E-state index contributed by atoms with van der Waals surface area (Å²) >= 11 is 11.6. The van der Waals surface area contributed by atoms with Crippen molar-refractivity contribution in [3.8, 4) is 0 Å². The largest absolute Gasteiger partial charge is 0.464 e. The van der Waals surface area contributed by atoms with Crippen LogP contribution in [0.25, 0.3) is 0 Å². The fraction of sp³-hybridized carbons (Fsp3) is 0.316. The molecule has 0 heterocycles. The third kappa shape index (κ3) is 7.24. The van der Waals surface area contributed by atoms with Gasteiger partial charge < -0.3 is 15.0 Å². The Balaban J connectivity index is 0.000000293. The highest BCUT2D eigenvalue weighted by Gasteiger charge is 2.19. The minimum atomic E-state index is -0.321. The SMILES string of the molecule is CCOC(=O)C(C)N(C)c1cccc(Cl)c1.CNc1cccc(Cl)c1. The number of benzene rings is 2. The van der Waals surface area contributed by atoms with Crippen LogP contribution in [0.1, 0.15) is 13.8 Å². The molecule has 0 aliphatic carbocycles. The van der Waals surface area contributed by atoms with Gasteiger partial charge in [0, 0.05) is 35.5 Å². The molecule has 0 aromatic heterocycles. The molecule has 0 radical (unpaired) electrons. The fourth-order valence-electron chi connectivity index (χ4n) is 1.98. The van der Waals surface area contributed by atoms with Crippen LogP contribution in [-0.2, 0) is 9.53 Å².